The van der Waals surface area contributed by atoms with Gasteiger partial charge in [0.05, 0.1) is 0 Å². The smallest absolute Gasteiger partial charge is 0.371 e. The summed E-state index contributed by atoms with van der Waals surface area (Å²) < 4.78 is 31.2. The van der Waals surface area contributed by atoms with Crippen molar-refractivity contribution < 1.29 is 27.5 Å². The molecular weight excluding hydrogens is 348 g/mol. The number of piperidine rings is 1. The zero-order valence-electron chi connectivity index (χ0n) is 14.6. The normalized spacial score (nSPS) is 17.4. The summed E-state index contributed by atoms with van der Waals surface area (Å²) >= 11 is 0. The SMILES string of the molecule is CCC(C)(C)NC(=O)C1CCN(S(=O)(=O)c2ccc(C(=O)O)o2)CC1. The summed E-state index contributed by atoms with van der Waals surface area (Å²) in [6.07, 6.45) is 1.63. The van der Waals surface area contributed by atoms with Gasteiger partial charge in [-0.1, -0.05) is 6.92 Å². The molecule has 1 saturated heterocycles. The van der Waals surface area contributed by atoms with Crippen molar-refractivity contribution in [3.8, 4) is 0 Å². The number of amides is 1. The maximum atomic E-state index is 12.5. The molecule has 0 aliphatic carbocycles. The molecule has 2 N–H and O–H groups in total. The van der Waals surface area contributed by atoms with Gasteiger partial charge in [0.25, 0.3) is 10.0 Å². The Balaban J connectivity index is 2.01. The van der Waals surface area contributed by atoms with Crippen molar-refractivity contribution in [2.24, 2.45) is 5.92 Å². The predicted octanol–water partition coefficient (Wildman–Crippen LogP) is 1.68. The first-order valence-electron chi connectivity index (χ1n) is 8.22. The number of hydrogen-bond acceptors (Lipinski definition) is 5. The fourth-order valence-corrected chi connectivity index (χ4v) is 3.96. The number of carboxylic acids is 1. The first-order valence-corrected chi connectivity index (χ1v) is 9.66. The zero-order valence-corrected chi connectivity index (χ0v) is 15.4. The van der Waals surface area contributed by atoms with Crippen molar-refractivity contribution in [1.29, 1.82) is 0 Å². The molecule has 8 nitrogen and oxygen atoms in total. The Hall–Kier alpha value is -1.87. The van der Waals surface area contributed by atoms with Crippen LogP contribution in [0, 0.1) is 5.92 Å². The van der Waals surface area contributed by atoms with Crippen LogP contribution in [-0.2, 0) is 14.8 Å². The molecule has 9 heteroatoms. The second-order valence-corrected chi connectivity index (χ2v) is 8.70. The summed E-state index contributed by atoms with van der Waals surface area (Å²) in [6.45, 7) is 6.26. The lowest BCUT2D eigenvalue weighted by molar-refractivity contribution is -0.127. The van der Waals surface area contributed by atoms with Crippen LogP contribution in [0.1, 0.15) is 50.6 Å². The quantitative estimate of drug-likeness (QED) is 0.785. The molecule has 0 spiro atoms. The number of aromatic carboxylic acids is 1. The van der Waals surface area contributed by atoms with Crippen LogP contribution in [-0.4, -0.2) is 48.3 Å². The topological polar surface area (TPSA) is 117 Å². The third-order valence-electron chi connectivity index (χ3n) is 4.56. The number of rotatable bonds is 6. The van der Waals surface area contributed by atoms with Crippen molar-refractivity contribution in [2.75, 3.05) is 13.1 Å². The van der Waals surface area contributed by atoms with E-state index in [4.69, 9.17) is 9.52 Å². The van der Waals surface area contributed by atoms with E-state index in [0.717, 1.165) is 18.6 Å². The Bertz CT molecular complexity index is 744. The molecule has 0 unspecified atom stereocenters. The zero-order chi connectivity index (χ0) is 18.8. The van der Waals surface area contributed by atoms with Crippen molar-refractivity contribution in [3.05, 3.63) is 17.9 Å². The minimum Gasteiger partial charge on any atom is -0.475 e. The van der Waals surface area contributed by atoms with Gasteiger partial charge in [-0.25, -0.2) is 13.2 Å². The molecule has 140 valence electrons. The van der Waals surface area contributed by atoms with Crippen LogP contribution >= 0.6 is 0 Å². The van der Waals surface area contributed by atoms with Crippen molar-refractivity contribution in [3.63, 3.8) is 0 Å². The molecule has 2 rings (SSSR count). The highest BCUT2D eigenvalue weighted by molar-refractivity contribution is 7.89. The van der Waals surface area contributed by atoms with E-state index < -0.39 is 21.8 Å². The first kappa shape index (κ1) is 19.5. The monoisotopic (exact) mass is 372 g/mol. The Morgan fingerprint density at radius 1 is 1.32 bits per heavy atom. The number of carbonyl (C=O) groups excluding carboxylic acids is 1. The summed E-state index contributed by atoms with van der Waals surface area (Å²) in [7, 11) is -3.89. The number of hydrogen-bond donors (Lipinski definition) is 2. The molecule has 1 aliphatic rings. The van der Waals surface area contributed by atoms with E-state index in [2.05, 4.69) is 5.32 Å². The third kappa shape index (κ3) is 4.40. The minimum atomic E-state index is -3.89. The number of nitrogens with zero attached hydrogens (tertiary/aromatic N) is 1. The number of carboxylic acid groups (broad SMARTS) is 1. The average Bonchev–Trinajstić information content (AvgIpc) is 3.05. The van der Waals surface area contributed by atoms with Crippen LogP contribution in [0.5, 0.6) is 0 Å². The lowest BCUT2D eigenvalue weighted by atomic mass is 9.94. The molecular formula is C16H24N2O6S. The second kappa shape index (κ2) is 7.17. The lowest BCUT2D eigenvalue weighted by Crippen LogP contribution is -2.48. The number of carbonyl (C=O) groups is 2. The molecule has 1 aliphatic heterocycles. The predicted molar refractivity (Wildman–Crippen MR) is 89.7 cm³/mol. The number of sulfonamides is 1. The summed E-state index contributed by atoms with van der Waals surface area (Å²) in [5, 5.41) is 11.4. The molecule has 1 aromatic heterocycles. The fraction of sp³-hybridized carbons (Fsp3) is 0.625. The Labute approximate surface area is 147 Å². The van der Waals surface area contributed by atoms with Crippen LogP contribution in [0.15, 0.2) is 21.6 Å². The van der Waals surface area contributed by atoms with Crippen LogP contribution in [0.4, 0.5) is 0 Å². The van der Waals surface area contributed by atoms with Crippen molar-refractivity contribution in [2.45, 2.75) is 50.7 Å². The Kier molecular flexibility index (Phi) is 5.58. The number of nitrogens with one attached hydrogen (secondary N) is 1. The van der Waals surface area contributed by atoms with Crippen LogP contribution in [0.25, 0.3) is 0 Å². The van der Waals surface area contributed by atoms with Gasteiger partial charge in [0.2, 0.25) is 16.8 Å². The molecule has 0 bridgehead atoms. The van der Waals surface area contributed by atoms with E-state index in [9.17, 15) is 18.0 Å². The Morgan fingerprint density at radius 3 is 2.40 bits per heavy atom. The molecule has 0 atom stereocenters. The van der Waals surface area contributed by atoms with E-state index in [1.165, 1.54) is 4.31 Å². The highest BCUT2D eigenvalue weighted by Crippen LogP contribution is 2.25. The van der Waals surface area contributed by atoms with E-state index in [1.54, 1.807) is 0 Å². The molecule has 2 heterocycles. The Morgan fingerprint density at radius 2 is 1.92 bits per heavy atom. The van der Waals surface area contributed by atoms with E-state index in [-0.39, 0.29) is 35.5 Å². The van der Waals surface area contributed by atoms with Gasteiger partial charge in [-0.2, -0.15) is 4.31 Å². The minimum absolute atomic E-state index is 0.0601. The van der Waals surface area contributed by atoms with Crippen LogP contribution in [0.2, 0.25) is 0 Å². The highest BCUT2D eigenvalue weighted by Gasteiger charge is 2.35. The first-order chi connectivity index (χ1) is 11.6. The average molecular weight is 372 g/mol. The van der Waals surface area contributed by atoms with Gasteiger partial charge in [-0.15, -0.1) is 0 Å². The molecule has 1 amide bonds. The lowest BCUT2D eigenvalue weighted by Gasteiger charge is -2.32. The maximum Gasteiger partial charge on any atom is 0.371 e. The van der Waals surface area contributed by atoms with E-state index in [0.29, 0.717) is 12.8 Å². The molecule has 0 radical (unpaired) electrons. The molecule has 25 heavy (non-hydrogen) atoms. The largest absolute Gasteiger partial charge is 0.475 e. The maximum absolute atomic E-state index is 12.5. The van der Waals surface area contributed by atoms with Crippen LogP contribution in [0.3, 0.4) is 0 Å². The van der Waals surface area contributed by atoms with E-state index >= 15 is 0 Å². The molecule has 1 fully saturated rings. The summed E-state index contributed by atoms with van der Waals surface area (Å²) in [6, 6.07) is 2.25. The van der Waals surface area contributed by atoms with Gasteiger partial charge in [-0.05, 0) is 45.2 Å². The van der Waals surface area contributed by atoms with Gasteiger partial charge < -0.3 is 14.8 Å². The highest BCUT2D eigenvalue weighted by atomic mass is 32.2. The van der Waals surface area contributed by atoms with Gasteiger partial charge in [0.15, 0.2) is 0 Å². The summed E-state index contributed by atoms with van der Waals surface area (Å²) in [5.41, 5.74) is -0.290. The second-order valence-electron chi connectivity index (χ2n) is 6.83. The summed E-state index contributed by atoms with van der Waals surface area (Å²) in [5.74, 6) is -2.04. The van der Waals surface area contributed by atoms with Crippen LogP contribution < -0.4 is 5.32 Å². The van der Waals surface area contributed by atoms with Gasteiger partial charge in [0, 0.05) is 24.5 Å². The van der Waals surface area contributed by atoms with Crippen molar-refractivity contribution >= 4 is 21.9 Å². The van der Waals surface area contributed by atoms with Gasteiger partial charge in [0.1, 0.15) is 0 Å². The molecule has 0 aromatic carbocycles. The molecule has 0 saturated carbocycles. The van der Waals surface area contributed by atoms with E-state index in [1.807, 2.05) is 20.8 Å². The van der Waals surface area contributed by atoms with Gasteiger partial charge >= 0.3 is 5.97 Å². The fourth-order valence-electron chi connectivity index (χ4n) is 2.58. The third-order valence-corrected chi connectivity index (χ3v) is 6.33. The number of furan rings is 1. The standard InChI is InChI=1S/C16H24N2O6S/c1-4-16(2,3)17-14(19)11-7-9-18(10-8-11)25(22,23)13-6-5-12(24-13)15(20)21/h5-6,11H,4,7-10H2,1-3H3,(H,17,19)(H,20,21). The van der Waals surface area contributed by atoms with Crippen molar-refractivity contribution in [1.82, 2.24) is 9.62 Å². The van der Waals surface area contributed by atoms with Gasteiger partial charge in [-0.3, -0.25) is 4.79 Å². The molecule has 1 aromatic rings. The summed E-state index contributed by atoms with van der Waals surface area (Å²) in [4.78, 5) is 23.1.